The fourth-order valence-corrected chi connectivity index (χ4v) is 1.48. The predicted octanol–water partition coefficient (Wildman–Crippen LogP) is 1.07. The van der Waals surface area contributed by atoms with Gasteiger partial charge in [-0.1, -0.05) is 12.1 Å². The summed E-state index contributed by atoms with van der Waals surface area (Å²) < 4.78 is 0. The summed E-state index contributed by atoms with van der Waals surface area (Å²) in [5, 5.41) is 20.6. The van der Waals surface area contributed by atoms with Gasteiger partial charge in [-0.25, -0.2) is 0 Å². The van der Waals surface area contributed by atoms with Crippen LogP contribution in [0.15, 0.2) is 24.3 Å². The van der Waals surface area contributed by atoms with E-state index in [9.17, 15) is 4.79 Å². The summed E-state index contributed by atoms with van der Waals surface area (Å²) in [5.74, 6) is -0.173. The van der Waals surface area contributed by atoms with Crippen molar-refractivity contribution in [1.29, 1.82) is 0 Å². The molecule has 0 atom stereocenters. The molecule has 0 aliphatic heterocycles. The summed E-state index contributed by atoms with van der Waals surface area (Å²) in [6, 6.07) is 6.79. The number of carbonyl (C=O) groups excluding carboxylic acids is 1. The molecule has 4 heteroatoms. The monoisotopic (exact) mass is 237 g/mol. The number of hydrogen-bond donors (Lipinski definition) is 3. The maximum Gasteiger partial charge on any atom is 0.251 e. The van der Waals surface area contributed by atoms with Crippen molar-refractivity contribution in [1.82, 2.24) is 5.32 Å². The molecule has 0 saturated heterocycles. The molecule has 0 radical (unpaired) electrons. The minimum absolute atomic E-state index is 0.0299. The SMILES string of the molecule is CC(C)(CCO)NC(=O)c1ccc(CO)cc1. The van der Waals surface area contributed by atoms with E-state index in [2.05, 4.69) is 5.32 Å². The van der Waals surface area contributed by atoms with Crippen molar-refractivity contribution < 1.29 is 15.0 Å². The molecule has 0 aromatic heterocycles. The zero-order chi connectivity index (χ0) is 12.9. The van der Waals surface area contributed by atoms with E-state index >= 15 is 0 Å². The van der Waals surface area contributed by atoms with Gasteiger partial charge in [0.1, 0.15) is 0 Å². The Morgan fingerprint density at radius 2 is 1.82 bits per heavy atom. The molecular formula is C13H19NO3. The first-order valence-electron chi connectivity index (χ1n) is 5.62. The van der Waals surface area contributed by atoms with Gasteiger partial charge in [0.25, 0.3) is 5.91 Å². The zero-order valence-electron chi connectivity index (χ0n) is 10.2. The maximum atomic E-state index is 11.9. The zero-order valence-corrected chi connectivity index (χ0v) is 10.2. The molecular weight excluding hydrogens is 218 g/mol. The summed E-state index contributed by atoms with van der Waals surface area (Å²) >= 11 is 0. The minimum Gasteiger partial charge on any atom is -0.396 e. The van der Waals surface area contributed by atoms with Gasteiger partial charge >= 0.3 is 0 Å². The van der Waals surface area contributed by atoms with E-state index in [0.29, 0.717) is 12.0 Å². The molecule has 0 aliphatic carbocycles. The summed E-state index contributed by atoms with van der Waals surface area (Å²) in [7, 11) is 0. The predicted molar refractivity (Wildman–Crippen MR) is 65.6 cm³/mol. The van der Waals surface area contributed by atoms with Gasteiger partial charge in [0, 0.05) is 17.7 Å². The van der Waals surface area contributed by atoms with Gasteiger partial charge < -0.3 is 15.5 Å². The lowest BCUT2D eigenvalue weighted by Crippen LogP contribution is -2.44. The van der Waals surface area contributed by atoms with E-state index in [-0.39, 0.29) is 19.1 Å². The molecule has 0 bridgehead atoms. The Balaban J connectivity index is 2.69. The van der Waals surface area contributed by atoms with Crippen LogP contribution < -0.4 is 5.32 Å². The van der Waals surface area contributed by atoms with Crippen LogP contribution in [-0.2, 0) is 6.61 Å². The fraction of sp³-hybridized carbons (Fsp3) is 0.462. The lowest BCUT2D eigenvalue weighted by molar-refractivity contribution is 0.0899. The van der Waals surface area contributed by atoms with Crippen LogP contribution in [0.25, 0.3) is 0 Å². The number of aliphatic hydroxyl groups excluding tert-OH is 2. The van der Waals surface area contributed by atoms with E-state index in [1.807, 2.05) is 13.8 Å². The van der Waals surface area contributed by atoms with Gasteiger partial charge in [0.05, 0.1) is 6.61 Å². The molecule has 1 rings (SSSR count). The molecule has 0 heterocycles. The standard InChI is InChI=1S/C13H19NO3/c1-13(2,7-8-15)14-12(17)11-5-3-10(9-16)4-6-11/h3-6,15-16H,7-9H2,1-2H3,(H,14,17). The van der Waals surface area contributed by atoms with E-state index in [1.54, 1.807) is 24.3 Å². The van der Waals surface area contributed by atoms with Crippen molar-refractivity contribution in [2.24, 2.45) is 0 Å². The second-order valence-electron chi connectivity index (χ2n) is 4.67. The third-order valence-electron chi connectivity index (χ3n) is 2.59. The van der Waals surface area contributed by atoms with Gasteiger partial charge in [-0.3, -0.25) is 4.79 Å². The third kappa shape index (κ3) is 4.17. The number of rotatable bonds is 5. The molecule has 1 aromatic carbocycles. The van der Waals surface area contributed by atoms with Crippen LogP contribution in [0.2, 0.25) is 0 Å². The lowest BCUT2D eigenvalue weighted by atomic mass is 10.0. The van der Waals surface area contributed by atoms with Gasteiger partial charge in [-0.2, -0.15) is 0 Å². The Kier molecular flexibility index (Phi) is 4.66. The first-order chi connectivity index (χ1) is 7.98. The van der Waals surface area contributed by atoms with E-state index < -0.39 is 5.54 Å². The van der Waals surface area contributed by atoms with E-state index in [1.165, 1.54) is 0 Å². The molecule has 0 spiro atoms. The molecule has 0 unspecified atom stereocenters. The Morgan fingerprint density at radius 1 is 1.24 bits per heavy atom. The van der Waals surface area contributed by atoms with Crippen molar-refractivity contribution in [2.75, 3.05) is 6.61 Å². The largest absolute Gasteiger partial charge is 0.396 e. The van der Waals surface area contributed by atoms with Gasteiger partial charge in [0.2, 0.25) is 0 Å². The van der Waals surface area contributed by atoms with Crippen LogP contribution in [-0.4, -0.2) is 28.3 Å². The Labute approximate surface area is 101 Å². The van der Waals surface area contributed by atoms with Crippen molar-refractivity contribution in [3.05, 3.63) is 35.4 Å². The van der Waals surface area contributed by atoms with Gasteiger partial charge in [-0.15, -0.1) is 0 Å². The summed E-state index contributed by atoms with van der Waals surface area (Å²) in [6.45, 7) is 3.74. The highest BCUT2D eigenvalue weighted by molar-refractivity contribution is 5.94. The summed E-state index contributed by atoms with van der Waals surface area (Å²) in [4.78, 5) is 11.9. The maximum absolute atomic E-state index is 11.9. The fourth-order valence-electron chi connectivity index (χ4n) is 1.48. The van der Waals surface area contributed by atoms with Crippen LogP contribution >= 0.6 is 0 Å². The van der Waals surface area contributed by atoms with Crippen molar-refractivity contribution in [2.45, 2.75) is 32.4 Å². The molecule has 0 fully saturated rings. The quantitative estimate of drug-likeness (QED) is 0.717. The van der Waals surface area contributed by atoms with Crippen LogP contribution in [0, 0.1) is 0 Å². The van der Waals surface area contributed by atoms with E-state index in [4.69, 9.17) is 10.2 Å². The lowest BCUT2D eigenvalue weighted by Gasteiger charge is -2.25. The highest BCUT2D eigenvalue weighted by atomic mass is 16.3. The van der Waals surface area contributed by atoms with Crippen molar-refractivity contribution in [3.8, 4) is 0 Å². The summed E-state index contributed by atoms with van der Waals surface area (Å²) in [5.41, 5.74) is 0.894. The van der Waals surface area contributed by atoms with Crippen LogP contribution in [0.3, 0.4) is 0 Å². The van der Waals surface area contributed by atoms with E-state index in [0.717, 1.165) is 5.56 Å². The molecule has 0 aliphatic rings. The molecule has 1 amide bonds. The highest BCUT2D eigenvalue weighted by Crippen LogP contribution is 2.10. The summed E-state index contributed by atoms with van der Waals surface area (Å²) in [6.07, 6.45) is 0.507. The third-order valence-corrected chi connectivity index (χ3v) is 2.59. The van der Waals surface area contributed by atoms with Crippen LogP contribution in [0.5, 0.6) is 0 Å². The Morgan fingerprint density at radius 3 is 2.29 bits per heavy atom. The van der Waals surface area contributed by atoms with Crippen LogP contribution in [0.1, 0.15) is 36.2 Å². The number of carbonyl (C=O) groups is 1. The Hall–Kier alpha value is -1.39. The van der Waals surface area contributed by atoms with Gasteiger partial charge in [0.15, 0.2) is 0 Å². The molecule has 4 nitrogen and oxygen atoms in total. The number of benzene rings is 1. The topological polar surface area (TPSA) is 69.6 Å². The average molecular weight is 237 g/mol. The first-order valence-corrected chi connectivity index (χ1v) is 5.62. The number of amides is 1. The van der Waals surface area contributed by atoms with Crippen molar-refractivity contribution >= 4 is 5.91 Å². The minimum atomic E-state index is -0.429. The number of hydrogen-bond acceptors (Lipinski definition) is 3. The Bertz CT molecular complexity index is 371. The normalized spacial score (nSPS) is 11.3. The second kappa shape index (κ2) is 5.80. The molecule has 3 N–H and O–H groups in total. The highest BCUT2D eigenvalue weighted by Gasteiger charge is 2.20. The second-order valence-corrected chi connectivity index (χ2v) is 4.67. The smallest absolute Gasteiger partial charge is 0.251 e. The number of aliphatic hydroxyl groups is 2. The average Bonchev–Trinajstić information content (AvgIpc) is 2.28. The first kappa shape index (κ1) is 13.7. The van der Waals surface area contributed by atoms with Crippen molar-refractivity contribution in [3.63, 3.8) is 0 Å². The molecule has 1 aromatic rings. The molecule has 17 heavy (non-hydrogen) atoms. The van der Waals surface area contributed by atoms with Gasteiger partial charge in [-0.05, 0) is 38.0 Å². The number of nitrogens with one attached hydrogen (secondary N) is 1. The van der Waals surface area contributed by atoms with Crippen LogP contribution in [0.4, 0.5) is 0 Å². The molecule has 0 saturated carbocycles. The molecule has 94 valence electrons.